The number of carbonyl (C=O) groups is 1. The number of fused-ring (bicyclic) bond motifs is 2. The first kappa shape index (κ1) is 15.1. The number of nitrogens with zero attached hydrogens (tertiary/aromatic N) is 1. The molecule has 1 aromatic heterocycles. The van der Waals surface area contributed by atoms with Crippen molar-refractivity contribution in [3.8, 4) is 16.9 Å². The maximum absolute atomic E-state index is 12.4. The number of hydrogen-bond donors (Lipinski definition) is 1. The second-order valence-electron chi connectivity index (χ2n) is 6.34. The Morgan fingerprint density at radius 1 is 1.25 bits per heavy atom. The van der Waals surface area contributed by atoms with Gasteiger partial charge in [-0.2, -0.15) is 0 Å². The molecule has 0 saturated carbocycles. The third-order valence-electron chi connectivity index (χ3n) is 4.89. The molecule has 5 nitrogen and oxygen atoms in total. The fourth-order valence-corrected chi connectivity index (χ4v) is 3.62. The van der Waals surface area contributed by atoms with Crippen LogP contribution in [0.25, 0.3) is 11.1 Å². The van der Waals surface area contributed by atoms with Crippen LogP contribution in [0.4, 0.5) is 0 Å². The molecule has 124 valence electrons. The summed E-state index contributed by atoms with van der Waals surface area (Å²) in [5.74, 6) is 0.679. The van der Waals surface area contributed by atoms with E-state index in [-0.39, 0.29) is 18.1 Å². The molecule has 2 aliphatic rings. The number of benzene rings is 1. The molecule has 3 heterocycles. The van der Waals surface area contributed by atoms with Gasteiger partial charge in [-0.3, -0.25) is 9.78 Å². The summed E-state index contributed by atoms with van der Waals surface area (Å²) in [6.07, 6.45) is 7.05. The highest BCUT2D eigenvalue weighted by atomic mass is 16.5. The molecule has 2 aliphatic heterocycles. The Morgan fingerprint density at radius 2 is 2.08 bits per heavy atom. The number of hydrogen-bond acceptors (Lipinski definition) is 4. The lowest BCUT2D eigenvalue weighted by atomic mass is 9.95. The molecule has 0 spiro atoms. The van der Waals surface area contributed by atoms with Gasteiger partial charge in [0, 0.05) is 17.3 Å². The second kappa shape index (κ2) is 6.24. The van der Waals surface area contributed by atoms with Crippen LogP contribution < -0.4 is 10.1 Å². The standard InChI is InChI=1S/C19H20N2O3/c1-23-18-11-20-9-8-15(18)12-2-4-13(5-3-12)19(22)21-16-10-14-6-7-17(16)24-14/h2-5,8-9,11,14,16-17H,6-7,10H2,1H3,(H,21,22)/t14-,16+,17+/m0/s1. The minimum atomic E-state index is -0.0376. The van der Waals surface area contributed by atoms with Crippen LogP contribution in [0.2, 0.25) is 0 Å². The van der Waals surface area contributed by atoms with Crippen molar-refractivity contribution in [2.45, 2.75) is 37.5 Å². The van der Waals surface area contributed by atoms with E-state index in [0.29, 0.717) is 17.4 Å². The zero-order chi connectivity index (χ0) is 16.5. The Labute approximate surface area is 141 Å². The van der Waals surface area contributed by atoms with E-state index in [1.165, 1.54) is 0 Å². The Balaban J connectivity index is 1.48. The van der Waals surface area contributed by atoms with E-state index < -0.39 is 0 Å². The third kappa shape index (κ3) is 2.76. The topological polar surface area (TPSA) is 60.5 Å². The fourth-order valence-electron chi connectivity index (χ4n) is 3.62. The fraction of sp³-hybridized carbons (Fsp3) is 0.368. The highest BCUT2D eigenvalue weighted by Gasteiger charge is 2.41. The molecule has 0 unspecified atom stereocenters. The summed E-state index contributed by atoms with van der Waals surface area (Å²) >= 11 is 0. The first-order valence-corrected chi connectivity index (χ1v) is 8.29. The van der Waals surface area contributed by atoms with Crippen LogP contribution in [0.3, 0.4) is 0 Å². The average molecular weight is 324 g/mol. The highest BCUT2D eigenvalue weighted by Crippen LogP contribution is 2.34. The minimum Gasteiger partial charge on any atom is -0.494 e. The summed E-state index contributed by atoms with van der Waals surface area (Å²) in [6, 6.07) is 9.61. The lowest BCUT2D eigenvalue weighted by Gasteiger charge is -2.20. The quantitative estimate of drug-likeness (QED) is 0.939. The Morgan fingerprint density at radius 3 is 2.75 bits per heavy atom. The van der Waals surface area contributed by atoms with E-state index >= 15 is 0 Å². The molecule has 2 fully saturated rings. The molecule has 1 aromatic carbocycles. The largest absolute Gasteiger partial charge is 0.494 e. The molecule has 3 atom stereocenters. The Kier molecular flexibility index (Phi) is 3.94. The zero-order valence-electron chi connectivity index (χ0n) is 13.6. The molecule has 24 heavy (non-hydrogen) atoms. The minimum absolute atomic E-state index is 0.0376. The van der Waals surface area contributed by atoms with Gasteiger partial charge in [-0.1, -0.05) is 12.1 Å². The van der Waals surface area contributed by atoms with Gasteiger partial charge >= 0.3 is 0 Å². The highest BCUT2D eigenvalue weighted by molar-refractivity contribution is 5.95. The smallest absolute Gasteiger partial charge is 0.251 e. The first-order chi connectivity index (χ1) is 11.7. The van der Waals surface area contributed by atoms with Gasteiger partial charge in [-0.25, -0.2) is 0 Å². The lowest BCUT2D eigenvalue weighted by molar-refractivity contribution is 0.0841. The lowest BCUT2D eigenvalue weighted by Crippen LogP contribution is -2.41. The van der Waals surface area contributed by atoms with E-state index in [9.17, 15) is 4.79 Å². The Hall–Kier alpha value is -2.40. The summed E-state index contributed by atoms with van der Waals surface area (Å²) in [5.41, 5.74) is 2.62. The third-order valence-corrected chi connectivity index (χ3v) is 4.89. The van der Waals surface area contributed by atoms with Crippen LogP contribution in [0.15, 0.2) is 42.7 Å². The monoisotopic (exact) mass is 324 g/mol. The van der Waals surface area contributed by atoms with Gasteiger partial charge in [0.2, 0.25) is 0 Å². The molecule has 4 rings (SSSR count). The molecule has 1 amide bonds. The molecule has 2 saturated heterocycles. The van der Waals surface area contributed by atoms with Crippen molar-refractivity contribution in [1.82, 2.24) is 10.3 Å². The van der Waals surface area contributed by atoms with Crippen LogP contribution >= 0.6 is 0 Å². The van der Waals surface area contributed by atoms with Gasteiger partial charge in [0.15, 0.2) is 0 Å². The summed E-state index contributed by atoms with van der Waals surface area (Å²) in [4.78, 5) is 16.5. The number of rotatable bonds is 4. The number of aromatic nitrogens is 1. The average Bonchev–Trinajstić information content (AvgIpc) is 3.25. The molecular formula is C19H20N2O3. The molecule has 0 aliphatic carbocycles. The number of carbonyl (C=O) groups excluding carboxylic acids is 1. The molecule has 5 heteroatoms. The normalized spacial score (nSPS) is 24.8. The van der Waals surface area contributed by atoms with E-state index in [0.717, 1.165) is 30.4 Å². The number of ether oxygens (including phenoxy) is 2. The van der Waals surface area contributed by atoms with Gasteiger partial charge < -0.3 is 14.8 Å². The van der Waals surface area contributed by atoms with Crippen molar-refractivity contribution in [3.05, 3.63) is 48.3 Å². The van der Waals surface area contributed by atoms with Crippen LogP contribution in [-0.4, -0.2) is 36.3 Å². The number of amides is 1. The molecular weight excluding hydrogens is 304 g/mol. The molecule has 0 radical (unpaired) electrons. The number of pyridine rings is 1. The van der Waals surface area contributed by atoms with Crippen LogP contribution in [0, 0.1) is 0 Å². The van der Waals surface area contributed by atoms with Crippen molar-refractivity contribution in [2.75, 3.05) is 7.11 Å². The SMILES string of the molecule is COc1cnccc1-c1ccc(C(=O)N[C@@H]2C[C@@H]3CC[C@H]2O3)cc1. The zero-order valence-corrected chi connectivity index (χ0v) is 13.6. The first-order valence-electron chi connectivity index (χ1n) is 8.29. The van der Waals surface area contributed by atoms with Gasteiger partial charge in [0.1, 0.15) is 5.75 Å². The predicted octanol–water partition coefficient (Wildman–Crippen LogP) is 2.81. The van der Waals surface area contributed by atoms with Crippen molar-refractivity contribution < 1.29 is 14.3 Å². The molecule has 2 aromatic rings. The van der Waals surface area contributed by atoms with Crippen LogP contribution in [0.5, 0.6) is 5.75 Å². The van der Waals surface area contributed by atoms with Crippen molar-refractivity contribution in [2.24, 2.45) is 0 Å². The van der Waals surface area contributed by atoms with E-state index in [4.69, 9.17) is 9.47 Å². The van der Waals surface area contributed by atoms with E-state index in [1.807, 2.05) is 30.3 Å². The van der Waals surface area contributed by atoms with Gasteiger partial charge in [0.25, 0.3) is 5.91 Å². The summed E-state index contributed by atoms with van der Waals surface area (Å²) < 4.78 is 11.1. The maximum Gasteiger partial charge on any atom is 0.251 e. The van der Waals surface area contributed by atoms with Crippen molar-refractivity contribution in [3.63, 3.8) is 0 Å². The summed E-state index contributed by atoms with van der Waals surface area (Å²) in [5, 5.41) is 3.11. The Bertz CT molecular complexity index is 745. The van der Waals surface area contributed by atoms with Gasteiger partial charge in [-0.05, 0) is 43.0 Å². The van der Waals surface area contributed by atoms with Crippen molar-refractivity contribution >= 4 is 5.91 Å². The van der Waals surface area contributed by atoms with E-state index in [2.05, 4.69) is 10.3 Å². The van der Waals surface area contributed by atoms with Crippen LogP contribution in [0.1, 0.15) is 29.6 Å². The predicted molar refractivity (Wildman–Crippen MR) is 90.0 cm³/mol. The number of methoxy groups -OCH3 is 1. The summed E-state index contributed by atoms with van der Waals surface area (Å²) in [6.45, 7) is 0. The van der Waals surface area contributed by atoms with Gasteiger partial charge in [-0.15, -0.1) is 0 Å². The summed E-state index contributed by atoms with van der Waals surface area (Å²) in [7, 11) is 1.62. The second-order valence-corrected chi connectivity index (χ2v) is 6.34. The maximum atomic E-state index is 12.4. The van der Waals surface area contributed by atoms with Gasteiger partial charge in [0.05, 0.1) is 31.6 Å². The number of nitrogens with one attached hydrogen (secondary N) is 1. The van der Waals surface area contributed by atoms with E-state index in [1.54, 1.807) is 19.5 Å². The molecule has 1 N–H and O–H groups in total. The van der Waals surface area contributed by atoms with Crippen LogP contribution in [-0.2, 0) is 4.74 Å². The van der Waals surface area contributed by atoms with Crippen molar-refractivity contribution in [1.29, 1.82) is 0 Å². The molecule has 2 bridgehead atoms.